The van der Waals surface area contributed by atoms with Crippen LogP contribution < -0.4 is 5.73 Å². The lowest BCUT2D eigenvalue weighted by atomic mass is 10.2. The molecule has 15 heavy (non-hydrogen) atoms. The van der Waals surface area contributed by atoms with Gasteiger partial charge in [-0.15, -0.1) is 6.58 Å². The fraction of sp³-hybridized carbons (Fsp3) is 0.333. The minimum absolute atomic E-state index is 0.808. The molecule has 1 rings (SSSR count). The number of anilines is 1. The van der Waals surface area contributed by atoms with Gasteiger partial charge in [-0.05, 0) is 30.3 Å². The van der Waals surface area contributed by atoms with Crippen LogP contribution in [0.25, 0.3) is 0 Å². The second-order valence-electron chi connectivity index (χ2n) is 3.47. The molecule has 2 nitrogen and oxygen atoms in total. The van der Waals surface area contributed by atoms with Crippen molar-refractivity contribution in [2.24, 2.45) is 0 Å². The molecule has 2 N–H and O–H groups in total. The Balaban J connectivity index is 2.77. The summed E-state index contributed by atoms with van der Waals surface area (Å²) in [5.41, 5.74) is 7.79. The largest absolute Gasteiger partial charge is 0.399 e. The lowest BCUT2D eigenvalue weighted by Crippen LogP contribution is -2.22. The van der Waals surface area contributed by atoms with Gasteiger partial charge >= 0.3 is 0 Å². The Hall–Kier alpha value is -0.800. The summed E-state index contributed by atoms with van der Waals surface area (Å²) in [6.07, 6.45) is 1.92. The Morgan fingerprint density at radius 2 is 2.27 bits per heavy atom. The summed E-state index contributed by atoms with van der Waals surface area (Å²) in [6, 6.07) is 5.90. The van der Waals surface area contributed by atoms with E-state index in [1.165, 1.54) is 5.56 Å². The van der Waals surface area contributed by atoms with Crippen LogP contribution in [0.3, 0.4) is 0 Å². The molecule has 0 atom stereocenters. The minimum Gasteiger partial charge on any atom is -0.399 e. The Morgan fingerprint density at radius 1 is 1.53 bits per heavy atom. The molecule has 82 valence electrons. The van der Waals surface area contributed by atoms with Gasteiger partial charge in [0, 0.05) is 23.2 Å². The summed E-state index contributed by atoms with van der Waals surface area (Å²) >= 11 is 3.53. The standard InChI is InChI=1S/C12H17BrN2/c1-3-7-15(4-2)9-10-8-11(14)5-6-12(10)13/h3,5-6,8H,1,4,7,9,14H2,2H3. The van der Waals surface area contributed by atoms with Gasteiger partial charge in [0.25, 0.3) is 0 Å². The first-order valence-corrected chi connectivity index (χ1v) is 5.83. The summed E-state index contributed by atoms with van der Waals surface area (Å²) in [6.45, 7) is 8.70. The second-order valence-corrected chi connectivity index (χ2v) is 4.32. The van der Waals surface area contributed by atoms with Gasteiger partial charge in [0.15, 0.2) is 0 Å². The van der Waals surface area contributed by atoms with Crippen molar-refractivity contribution in [2.45, 2.75) is 13.5 Å². The highest BCUT2D eigenvalue weighted by molar-refractivity contribution is 9.10. The van der Waals surface area contributed by atoms with E-state index in [1.54, 1.807) is 0 Å². The van der Waals surface area contributed by atoms with E-state index in [9.17, 15) is 0 Å². The van der Waals surface area contributed by atoms with Crippen LogP contribution in [-0.4, -0.2) is 18.0 Å². The molecule has 0 aromatic heterocycles. The molecule has 0 bridgehead atoms. The van der Waals surface area contributed by atoms with Crippen molar-refractivity contribution in [3.05, 3.63) is 40.9 Å². The smallest absolute Gasteiger partial charge is 0.0318 e. The van der Waals surface area contributed by atoms with Gasteiger partial charge in [0.1, 0.15) is 0 Å². The van der Waals surface area contributed by atoms with E-state index in [4.69, 9.17) is 5.73 Å². The first kappa shape index (κ1) is 12.3. The average Bonchev–Trinajstić information content (AvgIpc) is 2.22. The zero-order chi connectivity index (χ0) is 11.3. The number of likely N-dealkylation sites (N-methyl/N-ethyl adjacent to an activating group) is 1. The lowest BCUT2D eigenvalue weighted by molar-refractivity contribution is 0.311. The molecule has 1 aromatic carbocycles. The summed E-state index contributed by atoms with van der Waals surface area (Å²) < 4.78 is 1.11. The molecule has 1 aromatic rings. The van der Waals surface area contributed by atoms with Crippen molar-refractivity contribution >= 4 is 21.6 Å². The van der Waals surface area contributed by atoms with Crippen LogP contribution in [0.4, 0.5) is 5.69 Å². The van der Waals surface area contributed by atoms with Crippen LogP contribution in [0.5, 0.6) is 0 Å². The third-order valence-corrected chi connectivity index (χ3v) is 3.07. The molecule has 0 amide bonds. The van der Waals surface area contributed by atoms with Crippen LogP contribution in [0.15, 0.2) is 35.3 Å². The number of rotatable bonds is 5. The maximum absolute atomic E-state index is 5.76. The molecule has 0 saturated heterocycles. The predicted octanol–water partition coefficient (Wildman–Crippen LogP) is 3.04. The maximum Gasteiger partial charge on any atom is 0.0318 e. The Bertz CT molecular complexity index is 336. The average molecular weight is 269 g/mol. The van der Waals surface area contributed by atoms with Gasteiger partial charge in [0.05, 0.1) is 0 Å². The van der Waals surface area contributed by atoms with Gasteiger partial charge in [0.2, 0.25) is 0 Å². The molecule has 0 fully saturated rings. The first-order chi connectivity index (χ1) is 7.17. The molecule has 0 saturated carbocycles. The molecule has 0 aliphatic carbocycles. The monoisotopic (exact) mass is 268 g/mol. The van der Waals surface area contributed by atoms with E-state index in [0.29, 0.717) is 0 Å². The number of nitrogen functional groups attached to an aromatic ring is 1. The fourth-order valence-electron chi connectivity index (χ4n) is 1.44. The number of halogens is 1. The normalized spacial score (nSPS) is 10.6. The zero-order valence-electron chi connectivity index (χ0n) is 9.04. The summed E-state index contributed by atoms with van der Waals surface area (Å²) in [5.74, 6) is 0. The summed E-state index contributed by atoms with van der Waals surface area (Å²) in [7, 11) is 0. The number of nitrogens with two attached hydrogens (primary N) is 1. The molecule has 0 aliphatic rings. The van der Waals surface area contributed by atoms with E-state index >= 15 is 0 Å². The highest BCUT2D eigenvalue weighted by Gasteiger charge is 2.05. The van der Waals surface area contributed by atoms with Gasteiger partial charge < -0.3 is 5.73 Å². The third-order valence-electron chi connectivity index (χ3n) is 2.30. The zero-order valence-corrected chi connectivity index (χ0v) is 10.6. The summed E-state index contributed by atoms with van der Waals surface area (Å²) in [4.78, 5) is 2.30. The van der Waals surface area contributed by atoms with Crippen LogP contribution in [0.2, 0.25) is 0 Å². The highest BCUT2D eigenvalue weighted by atomic mass is 79.9. The predicted molar refractivity (Wildman–Crippen MR) is 69.7 cm³/mol. The van der Waals surface area contributed by atoms with Gasteiger partial charge in [-0.1, -0.05) is 28.9 Å². The van der Waals surface area contributed by atoms with Crippen molar-refractivity contribution in [1.82, 2.24) is 4.90 Å². The quantitative estimate of drug-likeness (QED) is 0.657. The molecule has 0 heterocycles. The van der Waals surface area contributed by atoms with E-state index < -0.39 is 0 Å². The van der Waals surface area contributed by atoms with Crippen LogP contribution in [-0.2, 0) is 6.54 Å². The highest BCUT2D eigenvalue weighted by Crippen LogP contribution is 2.21. The Labute approximate surface area is 99.9 Å². The fourth-order valence-corrected chi connectivity index (χ4v) is 1.82. The Morgan fingerprint density at radius 3 is 2.87 bits per heavy atom. The van der Waals surface area contributed by atoms with E-state index in [0.717, 1.165) is 29.8 Å². The van der Waals surface area contributed by atoms with E-state index in [1.807, 2.05) is 24.3 Å². The van der Waals surface area contributed by atoms with Crippen LogP contribution in [0.1, 0.15) is 12.5 Å². The maximum atomic E-state index is 5.76. The van der Waals surface area contributed by atoms with Crippen molar-refractivity contribution < 1.29 is 0 Å². The topological polar surface area (TPSA) is 29.3 Å². The molecule has 0 unspecified atom stereocenters. The first-order valence-electron chi connectivity index (χ1n) is 5.04. The van der Waals surface area contributed by atoms with Crippen LogP contribution in [0, 0.1) is 0 Å². The van der Waals surface area contributed by atoms with Crippen LogP contribution >= 0.6 is 15.9 Å². The van der Waals surface area contributed by atoms with Crippen molar-refractivity contribution in [3.63, 3.8) is 0 Å². The number of nitrogens with zero attached hydrogens (tertiary/aromatic N) is 1. The number of hydrogen-bond donors (Lipinski definition) is 1. The second kappa shape index (κ2) is 5.93. The van der Waals surface area contributed by atoms with Crippen molar-refractivity contribution in [1.29, 1.82) is 0 Å². The van der Waals surface area contributed by atoms with Crippen molar-refractivity contribution in [3.8, 4) is 0 Å². The Kier molecular flexibility index (Phi) is 4.85. The van der Waals surface area contributed by atoms with Gasteiger partial charge in [-0.3, -0.25) is 4.90 Å². The molecule has 3 heteroatoms. The number of hydrogen-bond acceptors (Lipinski definition) is 2. The third kappa shape index (κ3) is 3.68. The van der Waals surface area contributed by atoms with E-state index in [-0.39, 0.29) is 0 Å². The molecule has 0 radical (unpaired) electrons. The number of benzene rings is 1. The van der Waals surface area contributed by atoms with Gasteiger partial charge in [-0.25, -0.2) is 0 Å². The van der Waals surface area contributed by atoms with E-state index in [2.05, 4.69) is 34.3 Å². The lowest BCUT2D eigenvalue weighted by Gasteiger charge is -2.19. The molecule has 0 aliphatic heterocycles. The van der Waals surface area contributed by atoms with Gasteiger partial charge in [-0.2, -0.15) is 0 Å². The van der Waals surface area contributed by atoms with Crippen molar-refractivity contribution in [2.75, 3.05) is 18.8 Å². The minimum atomic E-state index is 0.808. The SMILES string of the molecule is C=CCN(CC)Cc1cc(N)ccc1Br. The molecule has 0 spiro atoms. The molecular formula is C12H17BrN2. The summed E-state index contributed by atoms with van der Waals surface area (Å²) in [5, 5.41) is 0. The molecular weight excluding hydrogens is 252 g/mol.